The Bertz CT molecular complexity index is 389. The van der Waals surface area contributed by atoms with Gasteiger partial charge in [-0.3, -0.25) is 0 Å². The van der Waals surface area contributed by atoms with E-state index in [-0.39, 0.29) is 6.20 Å². The number of hydrogen-bond acceptors (Lipinski definition) is 1. The molecule has 1 aromatic heterocycles. The van der Waals surface area contributed by atoms with Crippen LogP contribution in [-0.4, -0.2) is 4.98 Å². The molecular weight excluding hydrogens is 304 g/mol. The molecule has 1 nitrogen and oxygen atoms in total. The fourth-order valence-corrected chi connectivity index (χ4v) is 1.71. The lowest BCUT2D eigenvalue weighted by Crippen LogP contribution is -2.15. The van der Waals surface area contributed by atoms with E-state index in [4.69, 9.17) is 0 Å². The predicted molar refractivity (Wildman–Crippen MR) is 46.8 cm³/mol. The van der Waals surface area contributed by atoms with Gasteiger partial charge in [-0.05, 0) is 0 Å². The smallest absolute Gasteiger partial charge is 0.248 e. The number of hydrogen-bond donors (Lipinski definition) is 0. The molecule has 0 spiro atoms. The molecule has 8 heteroatoms. The topological polar surface area (TPSA) is 12.9 Å². The molecule has 90 valence electrons. The molecule has 0 aliphatic rings. The zero-order valence-electron chi connectivity index (χ0n) is 7.45. The van der Waals surface area contributed by atoms with Crippen molar-refractivity contribution < 1.29 is 26.3 Å². The first-order chi connectivity index (χ1) is 7.29. The number of rotatable bonds is 2. The Morgan fingerprint density at radius 1 is 1.31 bits per heavy atom. The van der Waals surface area contributed by atoms with Crippen LogP contribution in [0.3, 0.4) is 0 Å². The van der Waals surface area contributed by atoms with Crippen LogP contribution < -0.4 is 0 Å². The molecule has 0 aliphatic heterocycles. The van der Waals surface area contributed by atoms with Gasteiger partial charge in [0.2, 0.25) is 0 Å². The molecule has 1 rings (SSSR count). The number of aromatic nitrogens is 1. The van der Waals surface area contributed by atoms with Gasteiger partial charge in [0.15, 0.2) is 5.69 Å². The molecule has 0 unspecified atom stereocenters. The Morgan fingerprint density at radius 2 is 1.88 bits per heavy atom. The lowest BCUT2D eigenvalue weighted by Gasteiger charge is -2.14. The van der Waals surface area contributed by atoms with E-state index >= 15 is 0 Å². The van der Waals surface area contributed by atoms with E-state index in [2.05, 4.69) is 20.9 Å². The van der Waals surface area contributed by atoms with Crippen molar-refractivity contribution in [3.8, 4) is 0 Å². The third-order valence-corrected chi connectivity index (χ3v) is 2.36. The normalized spacial score (nSPS) is 12.2. The lowest BCUT2D eigenvalue weighted by molar-refractivity contribution is -0.143. The van der Waals surface area contributed by atoms with Crippen molar-refractivity contribution in [3.05, 3.63) is 28.8 Å². The third kappa shape index (κ3) is 2.47. The van der Waals surface area contributed by atoms with Gasteiger partial charge in [0, 0.05) is 10.9 Å². The number of halogens is 7. The molecule has 0 radical (unpaired) electrons. The molecule has 0 atom stereocenters. The average molecular weight is 308 g/mol. The van der Waals surface area contributed by atoms with Crippen molar-refractivity contribution in [2.75, 3.05) is 0 Å². The minimum absolute atomic E-state index is 0.283. The van der Waals surface area contributed by atoms with Crippen molar-refractivity contribution >= 4 is 15.9 Å². The first-order valence-corrected chi connectivity index (χ1v) is 4.99. The summed E-state index contributed by atoms with van der Waals surface area (Å²) in [5.41, 5.74) is -3.89. The summed E-state index contributed by atoms with van der Waals surface area (Å²) in [5, 5.41) is -0.440. The van der Waals surface area contributed by atoms with E-state index in [0.717, 1.165) is 0 Å². The summed E-state index contributed by atoms with van der Waals surface area (Å²) >= 11 is 2.66. The van der Waals surface area contributed by atoms with Crippen LogP contribution in [0.1, 0.15) is 23.2 Å². The van der Waals surface area contributed by atoms with Crippen LogP contribution in [0.15, 0.2) is 6.20 Å². The van der Waals surface area contributed by atoms with E-state index in [9.17, 15) is 26.3 Å². The lowest BCUT2D eigenvalue weighted by atomic mass is 10.1. The highest BCUT2D eigenvalue weighted by Crippen LogP contribution is 2.37. The first-order valence-electron chi connectivity index (χ1n) is 3.87. The zero-order chi connectivity index (χ0) is 12.5. The Morgan fingerprint density at radius 3 is 2.25 bits per heavy atom. The van der Waals surface area contributed by atoms with Crippen molar-refractivity contribution in [1.29, 1.82) is 0 Å². The Kier molecular flexibility index (Phi) is 3.82. The van der Waals surface area contributed by atoms with Gasteiger partial charge in [-0.2, -0.15) is 13.2 Å². The van der Waals surface area contributed by atoms with Gasteiger partial charge in [0.05, 0.1) is 11.8 Å². The Labute approximate surface area is 94.6 Å². The van der Waals surface area contributed by atoms with Crippen molar-refractivity contribution in [2.24, 2.45) is 0 Å². The molecule has 0 N–H and O–H groups in total. The van der Waals surface area contributed by atoms with Crippen LogP contribution in [0.25, 0.3) is 0 Å². The molecular formula is C8H4BrF6N. The molecule has 16 heavy (non-hydrogen) atoms. The molecule has 0 aromatic carbocycles. The van der Waals surface area contributed by atoms with Crippen molar-refractivity contribution in [3.63, 3.8) is 0 Å². The van der Waals surface area contributed by atoms with Crippen molar-refractivity contribution in [1.82, 2.24) is 4.98 Å². The average Bonchev–Trinajstić information content (AvgIpc) is 2.14. The maximum absolute atomic E-state index is 13.0. The second-order valence-corrected chi connectivity index (χ2v) is 3.34. The SMILES string of the molecule is Fc1cnc(C(F)(F)F)c(C(F)F)c1CBr. The minimum atomic E-state index is -5.03. The molecule has 1 aromatic rings. The van der Waals surface area contributed by atoms with Gasteiger partial charge in [0.25, 0.3) is 6.43 Å². The second-order valence-electron chi connectivity index (χ2n) is 2.78. The van der Waals surface area contributed by atoms with Crippen LogP contribution in [0.5, 0.6) is 0 Å². The molecule has 1 heterocycles. The summed E-state index contributed by atoms with van der Waals surface area (Å²) in [6.45, 7) is 0. The monoisotopic (exact) mass is 307 g/mol. The van der Waals surface area contributed by atoms with Gasteiger partial charge < -0.3 is 0 Å². The summed E-state index contributed by atoms with van der Waals surface area (Å²) in [4.78, 5) is 2.68. The van der Waals surface area contributed by atoms with Gasteiger partial charge in [0.1, 0.15) is 5.82 Å². The number of alkyl halides is 6. The van der Waals surface area contributed by atoms with Crippen LogP contribution in [0, 0.1) is 5.82 Å². The van der Waals surface area contributed by atoms with E-state index in [1.54, 1.807) is 0 Å². The fourth-order valence-electron chi connectivity index (χ4n) is 1.14. The largest absolute Gasteiger partial charge is 0.433 e. The first kappa shape index (κ1) is 13.3. The molecule has 0 amide bonds. The van der Waals surface area contributed by atoms with Gasteiger partial charge >= 0.3 is 6.18 Å². The van der Waals surface area contributed by atoms with Gasteiger partial charge in [-0.15, -0.1) is 0 Å². The highest BCUT2D eigenvalue weighted by Gasteiger charge is 2.39. The fraction of sp³-hybridized carbons (Fsp3) is 0.375. The Hall–Kier alpha value is -0.790. The van der Waals surface area contributed by atoms with Crippen LogP contribution >= 0.6 is 15.9 Å². The predicted octanol–water partition coefficient (Wildman–Crippen LogP) is 4.07. The summed E-state index contributed by atoms with van der Waals surface area (Å²) in [7, 11) is 0. The van der Waals surface area contributed by atoms with Crippen LogP contribution in [0.4, 0.5) is 26.3 Å². The minimum Gasteiger partial charge on any atom is -0.248 e. The molecule has 0 fully saturated rings. The molecule has 0 aliphatic carbocycles. The molecule has 0 bridgehead atoms. The Balaban J connectivity index is 3.52. The summed E-state index contributed by atoms with van der Waals surface area (Å²) < 4.78 is 74.9. The van der Waals surface area contributed by atoms with Crippen molar-refractivity contribution in [2.45, 2.75) is 17.9 Å². The second kappa shape index (κ2) is 4.60. The maximum Gasteiger partial charge on any atom is 0.433 e. The zero-order valence-corrected chi connectivity index (χ0v) is 9.04. The van der Waals surface area contributed by atoms with E-state index in [0.29, 0.717) is 0 Å². The number of pyridine rings is 1. The van der Waals surface area contributed by atoms with Crippen LogP contribution in [-0.2, 0) is 11.5 Å². The summed E-state index contributed by atoms with van der Waals surface area (Å²) in [6.07, 6.45) is -8.19. The van der Waals surface area contributed by atoms with Gasteiger partial charge in [-0.25, -0.2) is 18.2 Å². The van der Waals surface area contributed by atoms with E-state index in [1.165, 1.54) is 0 Å². The highest BCUT2D eigenvalue weighted by atomic mass is 79.9. The standard InChI is InChI=1S/C8H4BrF6N/c9-1-3-4(10)2-16-6(8(13,14)15)5(3)7(11)12/h2,7H,1H2. The molecule has 0 saturated heterocycles. The maximum atomic E-state index is 13.0. The van der Waals surface area contributed by atoms with Gasteiger partial charge in [-0.1, -0.05) is 15.9 Å². The van der Waals surface area contributed by atoms with E-state index < -0.39 is 40.6 Å². The third-order valence-electron chi connectivity index (χ3n) is 1.80. The quantitative estimate of drug-likeness (QED) is 0.593. The summed E-state index contributed by atoms with van der Waals surface area (Å²) in [6, 6.07) is 0. The van der Waals surface area contributed by atoms with Crippen LogP contribution in [0.2, 0.25) is 0 Å². The number of nitrogens with zero attached hydrogens (tertiary/aromatic N) is 1. The van der Waals surface area contributed by atoms with E-state index in [1.807, 2.05) is 0 Å². The summed E-state index contributed by atoms with van der Waals surface area (Å²) in [5.74, 6) is -1.19. The molecule has 0 saturated carbocycles. The highest BCUT2D eigenvalue weighted by molar-refractivity contribution is 9.08.